The van der Waals surface area contributed by atoms with Crippen LogP contribution < -0.4 is 5.73 Å². The van der Waals surface area contributed by atoms with Crippen molar-refractivity contribution in [3.63, 3.8) is 0 Å². The fourth-order valence-electron chi connectivity index (χ4n) is 0.587. The Hall–Kier alpha value is -0.550. The van der Waals surface area contributed by atoms with E-state index in [2.05, 4.69) is 9.24 Å². The second kappa shape index (κ2) is 10.4. The molecule has 0 fully saturated rings. The number of para-hydroxylation sites is 1. The molecule has 0 radical (unpaired) electrons. The molecule has 1 atom stereocenters. The molecule has 0 saturated heterocycles. The largest absolute Gasteiger partial charge is 0.399 e. The average Bonchev–Trinajstić information content (AvgIpc) is 2.17. The second-order valence-corrected chi connectivity index (χ2v) is 1.86. The number of anilines is 1. The minimum absolute atomic E-state index is 0.868. The first-order valence-corrected chi connectivity index (χ1v) is 5.35. The third-order valence-corrected chi connectivity index (χ3v) is 1.19. The van der Waals surface area contributed by atoms with Crippen molar-refractivity contribution in [1.29, 1.82) is 0 Å². The standard InChI is InChI=1S/C7H9N.C2H6.CH5P/c1-6-4-2-3-5-7(6)8;2*1-2/h2-5H,8H2,1H3;1-2H3;2H2,1H3. The molecule has 0 heterocycles. The van der Waals surface area contributed by atoms with E-state index >= 15 is 0 Å². The van der Waals surface area contributed by atoms with E-state index in [1.54, 1.807) is 0 Å². The van der Waals surface area contributed by atoms with Crippen molar-refractivity contribution < 1.29 is 0 Å². The normalized spacial score (nSPS) is 7.08. The molecule has 0 aromatic heterocycles. The van der Waals surface area contributed by atoms with Gasteiger partial charge in [0.2, 0.25) is 0 Å². The van der Waals surface area contributed by atoms with Crippen LogP contribution in [0.4, 0.5) is 5.69 Å². The van der Waals surface area contributed by atoms with E-state index in [0.29, 0.717) is 0 Å². The van der Waals surface area contributed by atoms with Gasteiger partial charge < -0.3 is 5.73 Å². The fraction of sp³-hybridized carbons (Fsp3) is 0.400. The maximum absolute atomic E-state index is 5.52. The molecule has 2 N–H and O–H groups in total. The van der Waals surface area contributed by atoms with E-state index in [0.717, 1.165) is 11.3 Å². The molecule has 0 aliphatic carbocycles. The molecule has 1 unspecified atom stereocenters. The fourth-order valence-corrected chi connectivity index (χ4v) is 0.587. The van der Waals surface area contributed by atoms with Crippen molar-refractivity contribution >= 4 is 14.9 Å². The van der Waals surface area contributed by atoms with Crippen LogP contribution in [0.15, 0.2) is 24.3 Å². The number of hydrogen-bond acceptors (Lipinski definition) is 1. The van der Waals surface area contributed by atoms with E-state index in [1.807, 2.05) is 51.7 Å². The Kier molecular flexibility index (Phi) is 12.2. The number of benzene rings is 1. The maximum Gasteiger partial charge on any atom is 0.0343 e. The van der Waals surface area contributed by atoms with Crippen LogP contribution in [-0.2, 0) is 0 Å². The van der Waals surface area contributed by atoms with Gasteiger partial charge in [-0.05, 0) is 18.6 Å². The predicted molar refractivity (Wildman–Crippen MR) is 62.6 cm³/mol. The Bertz CT molecular complexity index is 166. The first-order chi connectivity index (χ1) is 5.80. The predicted octanol–water partition coefficient (Wildman–Crippen LogP) is 3.09. The summed E-state index contributed by atoms with van der Waals surface area (Å²) in [7, 11) is 2.42. The van der Waals surface area contributed by atoms with Crippen molar-refractivity contribution in [1.82, 2.24) is 0 Å². The summed E-state index contributed by atoms with van der Waals surface area (Å²) in [6.07, 6.45) is 0. The van der Waals surface area contributed by atoms with E-state index in [4.69, 9.17) is 5.73 Å². The summed E-state index contributed by atoms with van der Waals surface area (Å²) in [5.41, 5.74) is 7.53. The third kappa shape index (κ3) is 6.18. The van der Waals surface area contributed by atoms with Crippen LogP contribution in [0.25, 0.3) is 0 Å². The van der Waals surface area contributed by atoms with E-state index < -0.39 is 0 Å². The van der Waals surface area contributed by atoms with Gasteiger partial charge >= 0.3 is 0 Å². The maximum atomic E-state index is 5.52. The molecular formula is C10H20NP. The molecule has 0 aliphatic rings. The van der Waals surface area contributed by atoms with Crippen molar-refractivity contribution in [3.05, 3.63) is 29.8 Å². The highest BCUT2D eigenvalue weighted by Crippen LogP contribution is 2.06. The Morgan fingerprint density at radius 1 is 1.08 bits per heavy atom. The minimum Gasteiger partial charge on any atom is -0.399 e. The molecule has 0 aliphatic heterocycles. The first-order valence-electron chi connectivity index (χ1n) is 4.19. The lowest BCUT2D eigenvalue weighted by molar-refractivity contribution is 1.47. The molecule has 1 aromatic rings. The SMILES string of the molecule is CC.CP.Cc1ccccc1N. The monoisotopic (exact) mass is 185 g/mol. The van der Waals surface area contributed by atoms with Crippen LogP contribution in [0, 0.1) is 6.92 Å². The first kappa shape index (κ1) is 14.0. The van der Waals surface area contributed by atoms with Gasteiger partial charge in [-0.3, -0.25) is 0 Å². The molecule has 0 saturated carbocycles. The van der Waals surface area contributed by atoms with Crippen LogP contribution >= 0.6 is 9.24 Å². The second-order valence-electron chi connectivity index (χ2n) is 1.86. The zero-order valence-corrected chi connectivity index (χ0v) is 9.62. The minimum atomic E-state index is 0.868. The molecular weight excluding hydrogens is 165 g/mol. The molecule has 1 nitrogen and oxygen atoms in total. The van der Waals surface area contributed by atoms with Gasteiger partial charge in [-0.25, -0.2) is 0 Å². The number of rotatable bonds is 0. The summed E-state index contributed by atoms with van der Waals surface area (Å²) in [6, 6.07) is 7.80. The van der Waals surface area contributed by atoms with Crippen LogP contribution in [0.3, 0.4) is 0 Å². The lowest BCUT2D eigenvalue weighted by atomic mass is 10.2. The lowest BCUT2D eigenvalue weighted by Gasteiger charge is -1.93. The molecule has 0 amide bonds. The van der Waals surface area contributed by atoms with Crippen molar-refractivity contribution in [2.45, 2.75) is 20.8 Å². The van der Waals surface area contributed by atoms with Gasteiger partial charge in [-0.1, -0.05) is 38.7 Å². The zero-order chi connectivity index (χ0) is 9.98. The highest BCUT2D eigenvalue weighted by molar-refractivity contribution is 7.15. The molecule has 1 rings (SSSR count). The van der Waals surface area contributed by atoms with Gasteiger partial charge in [0.05, 0.1) is 0 Å². The summed E-state index contributed by atoms with van der Waals surface area (Å²) in [4.78, 5) is 0. The number of nitrogens with two attached hydrogens (primary N) is 1. The van der Waals surface area contributed by atoms with Gasteiger partial charge in [0.15, 0.2) is 0 Å². The van der Waals surface area contributed by atoms with Crippen molar-refractivity contribution in [3.8, 4) is 0 Å². The number of hydrogen-bond donors (Lipinski definition) is 1. The smallest absolute Gasteiger partial charge is 0.0343 e. The summed E-state index contributed by atoms with van der Waals surface area (Å²) in [5, 5.41) is 0. The third-order valence-electron chi connectivity index (χ3n) is 1.19. The lowest BCUT2D eigenvalue weighted by Crippen LogP contribution is -1.85. The molecule has 2 heteroatoms. The van der Waals surface area contributed by atoms with Gasteiger partial charge in [-0.2, -0.15) is 0 Å². The highest BCUT2D eigenvalue weighted by atomic mass is 31.0. The molecule has 0 spiro atoms. The Balaban J connectivity index is 0. The van der Waals surface area contributed by atoms with Gasteiger partial charge in [0, 0.05) is 5.69 Å². The summed E-state index contributed by atoms with van der Waals surface area (Å²) < 4.78 is 0. The Morgan fingerprint density at radius 2 is 1.50 bits per heavy atom. The highest BCUT2D eigenvalue weighted by Gasteiger charge is 1.84. The number of aryl methyl sites for hydroxylation is 1. The molecule has 70 valence electrons. The molecule has 1 aromatic carbocycles. The van der Waals surface area contributed by atoms with Crippen LogP contribution in [0.1, 0.15) is 19.4 Å². The van der Waals surface area contributed by atoms with E-state index in [1.165, 1.54) is 0 Å². The zero-order valence-electron chi connectivity index (χ0n) is 8.46. The average molecular weight is 185 g/mol. The van der Waals surface area contributed by atoms with Crippen LogP contribution in [0.2, 0.25) is 0 Å². The summed E-state index contributed by atoms with van der Waals surface area (Å²) in [5.74, 6) is 0. The van der Waals surface area contributed by atoms with Crippen molar-refractivity contribution in [2.75, 3.05) is 12.4 Å². The van der Waals surface area contributed by atoms with E-state index in [-0.39, 0.29) is 0 Å². The Labute approximate surface area is 78.6 Å². The van der Waals surface area contributed by atoms with Crippen LogP contribution in [0.5, 0.6) is 0 Å². The summed E-state index contributed by atoms with van der Waals surface area (Å²) in [6.45, 7) is 7.91. The molecule has 0 bridgehead atoms. The molecule has 12 heavy (non-hydrogen) atoms. The topological polar surface area (TPSA) is 26.0 Å². The van der Waals surface area contributed by atoms with Crippen LogP contribution in [-0.4, -0.2) is 6.66 Å². The summed E-state index contributed by atoms with van der Waals surface area (Å²) >= 11 is 0. The van der Waals surface area contributed by atoms with Crippen molar-refractivity contribution in [2.24, 2.45) is 0 Å². The number of nitrogen functional groups attached to an aromatic ring is 1. The Morgan fingerprint density at radius 3 is 1.75 bits per heavy atom. The quantitative estimate of drug-likeness (QED) is 0.488. The van der Waals surface area contributed by atoms with Gasteiger partial charge in [0.25, 0.3) is 0 Å². The van der Waals surface area contributed by atoms with Gasteiger partial charge in [0.1, 0.15) is 0 Å². The van der Waals surface area contributed by atoms with Gasteiger partial charge in [-0.15, -0.1) is 9.24 Å². The van der Waals surface area contributed by atoms with E-state index in [9.17, 15) is 0 Å².